The highest BCUT2D eigenvalue weighted by atomic mass is 16.6. The van der Waals surface area contributed by atoms with E-state index in [2.05, 4.69) is 4.98 Å². The molecule has 0 fully saturated rings. The Balaban J connectivity index is 2.01. The molecule has 0 saturated carbocycles. The fraction of sp³-hybridized carbons (Fsp3) is 0.286. The first-order valence-corrected chi connectivity index (χ1v) is 6.49. The maximum atomic E-state index is 11.3. The minimum atomic E-state index is -0.543. The molecule has 21 heavy (non-hydrogen) atoms. The summed E-state index contributed by atoms with van der Waals surface area (Å²) in [6.07, 6.45) is 2.98. The molecule has 2 aromatic rings. The summed E-state index contributed by atoms with van der Waals surface area (Å²) < 4.78 is 7.01. The second-order valence-corrected chi connectivity index (χ2v) is 4.93. The number of fused-ring (bicyclic) bond motifs is 1. The predicted molar refractivity (Wildman–Crippen MR) is 72.7 cm³/mol. The Kier molecular flexibility index (Phi) is 3.17. The van der Waals surface area contributed by atoms with Crippen molar-refractivity contribution in [2.75, 3.05) is 0 Å². The number of nitro groups is 1. The standard InChI is InChI=1S/C14H13N3O4/c1-9(18)21-12-6-10-4-2-3-5-11(10)14(12)16-7-13(15-8-16)17(19)20/h2-5,7-8,12,14H,6H2,1H3/t12-,14?/m1/s1. The largest absolute Gasteiger partial charge is 0.460 e. The number of benzene rings is 1. The van der Waals surface area contributed by atoms with Crippen LogP contribution in [-0.4, -0.2) is 26.5 Å². The molecule has 0 saturated heterocycles. The molecule has 0 radical (unpaired) electrons. The zero-order valence-electron chi connectivity index (χ0n) is 11.3. The van der Waals surface area contributed by atoms with Crippen LogP contribution in [0.2, 0.25) is 0 Å². The number of carbonyl (C=O) groups is 1. The van der Waals surface area contributed by atoms with Gasteiger partial charge in [0.05, 0.1) is 6.04 Å². The first-order chi connectivity index (χ1) is 10.1. The molecule has 1 aromatic carbocycles. The lowest BCUT2D eigenvalue weighted by molar-refractivity contribution is -0.389. The van der Waals surface area contributed by atoms with E-state index in [1.807, 2.05) is 24.3 Å². The lowest BCUT2D eigenvalue weighted by atomic mass is 10.1. The van der Waals surface area contributed by atoms with Gasteiger partial charge in [0.1, 0.15) is 12.3 Å². The Morgan fingerprint density at radius 2 is 2.24 bits per heavy atom. The fourth-order valence-electron chi connectivity index (χ4n) is 2.78. The summed E-state index contributed by atoms with van der Waals surface area (Å²) in [5.41, 5.74) is 2.07. The van der Waals surface area contributed by atoms with Crippen molar-refractivity contribution < 1.29 is 14.5 Å². The summed E-state index contributed by atoms with van der Waals surface area (Å²) in [5, 5.41) is 10.8. The molecule has 1 aliphatic rings. The van der Waals surface area contributed by atoms with Gasteiger partial charge in [-0.1, -0.05) is 24.3 Å². The lowest BCUT2D eigenvalue weighted by Gasteiger charge is -2.20. The molecule has 2 atom stereocenters. The van der Waals surface area contributed by atoms with Crippen LogP contribution in [0.25, 0.3) is 0 Å². The van der Waals surface area contributed by atoms with Crippen molar-refractivity contribution in [2.24, 2.45) is 0 Å². The SMILES string of the molecule is CC(=O)O[C@@H]1Cc2ccccc2C1n1cnc([N+](=O)[O-])c1. The second kappa shape index (κ2) is 5.01. The minimum Gasteiger partial charge on any atom is -0.460 e. The molecule has 7 heteroatoms. The summed E-state index contributed by atoms with van der Waals surface area (Å²) in [5.74, 6) is -0.589. The number of nitrogens with zero attached hydrogens (tertiary/aromatic N) is 3. The average Bonchev–Trinajstić information content (AvgIpc) is 3.01. The number of hydrogen-bond donors (Lipinski definition) is 0. The highest BCUT2D eigenvalue weighted by Gasteiger charge is 2.36. The maximum Gasteiger partial charge on any atom is 0.381 e. The molecule has 0 aliphatic heterocycles. The number of carbonyl (C=O) groups excluding carboxylic acids is 1. The number of esters is 1. The summed E-state index contributed by atoms with van der Waals surface area (Å²) in [4.78, 5) is 25.3. The van der Waals surface area contributed by atoms with E-state index < -0.39 is 4.92 Å². The number of rotatable bonds is 3. The zero-order valence-corrected chi connectivity index (χ0v) is 11.3. The predicted octanol–water partition coefficient (Wildman–Crippen LogP) is 1.87. The number of ether oxygens (including phenoxy) is 1. The van der Waals surface area contributed by atoms with E-state index in [-0.39, 0.29) is 23.9 Å². The monoisotopic (exact) mass is 287 g/mol. The molecule has 108 valence electrons. The van der Waals surface area contributed by atoms with E-state index in [0.717, 1.165) is 11.1 Å². The Morgan fingerprint density at radius 1 is 1.48 bits per heavy atom. The number of aromatic nitrogens is 2. The molecule has 1 heterocycles. The van der Waals surface area contributed by atoms with Gasteiger partial charge >= 0.3 is 11.8 Å². The molecule has 7 nitrogen and oxygen atoms in total. The Bertz CT molecular complexity index is 710. The van der Waals surface area contributed by atoms with Gasteiger partial charge in [-0.2, -0.15) is 0 Å². The summed E-state index contributed by atoms with van der Waals surface area (Å²) in [6, 6.07) is 7.44. The summed E-state index contributed by atoms with van der Waals surface area (Å²) in [7, 11) is 0. The van der Waals surface area contributed by atoms with Crippen molar-refractivity contribution in [1.29, 1.82) is 0 Å². The van der Waals surface area contributed by atoms with Gasteiger partial charge in [0, 0.05) is 13.3 Å². The Morgan fingerprint density at radius 3 is 2.90 bits per heavy atom. The Labute approximate surface area is 120 Å². The van der Waals surface area contributed by atoms with Crippen LogP contribution in [0.3, 0.4) is 0 Å². The molecular weight excluding hydrogens is 274 g/mol. The minimum absolute atomic E-state index is 0.221. The van der Waals surface area contributed by atoms with Gasteiger partial charge in [-0.15, -0.1) is 0 Å². The zero-order chi connectivity index (χ0) is 15.0. The van der Waals surface area contributed by atoms with Crippen LogP contribution in [0.15, 0.2) is 36.8 Å². The molecular formula is C14H13N3O4. The van der Waals surface area contributed by atoms with Gasteiger partial charge in [-0.05, 0) is 21.0 Å². The van der Waals surface area contributed by atoms with Crippen molar-refractivity contribution in [3.8, 4) is 0 Å². The molecule has 0 amide bonds. The van der Waals surface area contributed by atoms with Crippen molar-refractivity contribution in [3.05, 3.63) is 58.0 Å². The summed E-state index contributed by atoms with van der Waals surface area (Å²) >= 11 is 0. The summed E-state index contributed by atoms with van der Waals surface area (Å²) in [6.45, 7) is 1.36. The third-order valence-electron chi connectivity index (χ3n) is 3.56. The van der Waals surface area contributed by atoms with Crippen LogP contribution in [0.1, 0.15) is 24.1 Å². The Hall–Kier alpha value is -2.70. The molecule has 0 spiro atoms. The van der Waals surface area contributed by atoms with Gasteiger partial charge in [0.15, 0.2) is 0 Å². The van der Waals surface area contributed by atoms with Gasteiger partial charge < -0.3 is 14.9 Å². The first-order valence-electron chi connectivity index (χ1n) is 6.49. The van der Waals surface area contributed by atoms with E-state index in [1.165, 1.54) is 19.4 Å². The molecule has 0 N–H and O–H groups in total. The quantitative estimate of drug-likeness (QED) is 0.488. The third-order valence-corrected chi connectivity index (χ3v) is 3.56. The van der Waals surface area contributed by atoms with Gasteiger partial charge in [-0.25, -0.2) is 0 Å². The van der Waals surface area contributed by atoms with Crippen molar-refractivity contribution in [1.82, 2.24) is 9.55 Å². The van der Waals surface area contributed by atoms with E-state index in [9.17, 15) is 14.9 Å². The van der Waals surface area contributed by atoms with Crippen LogP contribution in [0.4, 0.5) is 5.82 Å². The van der Waals surface area contributed by atoms with Crippen LogP contribution in [-0.2, 0) is 16.0 Å². The first kappa shape index (κ1) is 13.3. The van der Waals surface area contributed by atoms with Gasteiger partial charge in [0.2, 0.25) is 6.33 Å². The lowest BCUT2D eigenvalue weighted by Crippen LogP contribution is -2.25. The van der Waals surface area contributed by atoms with E-state index >= 15 is 0 Å². The topological polar surface area (TPSA) is 87.3 Å². The van der Waals surface area contributed by atoms with Crippen molar-refractivity contribution >= 4 is 11.8 Å². The van der Waals surface area contributed by atoms with Crippen molar-refractivity contribution in [2.45, 2.75) is 25.5 Å². The highest BCUT2D eigenvalue weighted by Crippen LogP contribution is 2.36. The number of hydrogen-bond acceptors (Lipinski definition) is 5. The maximum absolute atomic E-state index is 11.3. The average molecular weight is 287 g/mol. The normalized spacial score (nSPS) is 20.0. The van der Waals surface area contributed by atoms with Crippen LogP contribution in [0.5, 0.6) is 0 Å². The van der Waals surface area contributed by atoms with Crippen LogP contribution >= 0.6 is 0 Å². The van der Waals surface area contributed by atoms with E-state index in [0.29, 0.717) is 6.42 Å². The third kappa shape index (κ3) is 2.37. The molecule has 1 aliphatic carbocycles. The molecule has 0 bridgehead atoms. The molecule has 3 rings (SSSR count). The molecule has 1 unspecified atom stereocenters. The van der Waals surface area contributed by atoms with Gasteiger partial charge in [-0.3, -0.25) is 9.36 Å². The van der Waals surface area contributed by atoms with E-state index in [4.69, 9.17) is 4.74 Å². The van der Waals surface area contributed by atoms with Crippen molar-refractivity contribution in [3.63, 3.8) is 0 Å². The smallest absolute Gasteiger partial charge is 0.381 e. The highest BCUT2D eigenvalue weighted by molar-refractivity contribution is 5.66. The van der Waals surface area contributed by atoms with E-state index in [1.54, 1.807) is 4.57 Å². The second-order valence-electron chi connectivity index (χ2n) is 4.93. The van der Waals surface area contributed by atoms with Crippen LogP contribution < -0.4 is 0 Å². The number of imidazole rings is 1. The fourth-order valence-corrected chi connectivity index (χ4v) is 2.78. The van der Waals surface area contributed by atoms with Crippen LogP contribution in [0, 0.1) is 10.1 Å². The molecule has 1 aromatic heterocycles. The van der Waals surface area contributed by atoms with Gasteiger partial charge in [0.25, 0.3) is 0 Å².